The number of rotatable bonds is 14. The van der Waals surface area contributed by atoms with Gasteiger partial charge in [-0.25, -0.2) is 9.97 Å². The minimum absolute atomic E-state index is 0.0437. The van der Waals surface area contributed by atoms with Crippen LogP contribution < -0.4 is 0 Å². The summed E-state index contributed by atoms with van der Waals surface area (Å²) in [4.78, 5) is 65.2. The molecule has 0 amide bonds. The summed E-state index contributed by atoms with van der Waals surface area (Å²) < 4.78 is 0. The van der Waals surface area contributed by atoms with E-state index in [4.69, 9.17) is 19.9 Å². The lowest BCUT2D eigenvalue weighted by Gasteiger charge is -2.14. The minimum atomic E-state index is -0.252. The Morgan fingerprint density at radius 3 is 1.32 bits per heavy atom. The Labute approximate surface area is 460 Å². The van der Waals surface area contributed by atoms with Crippen molar-refractivity contribution < 1.29 is 14.7 Å². The summed E-state index contributed by atoms with van der Waals surface area (Å²) in [6.45, 7) is 5.93. The second-order valence-corrected chi connectivity index (χ2v) is 23.1. The minimum Gasteiger partial charge on any atom is -0.512 e. The van der Waals surface area contributed by atoms with Gasteiger partial charge in [0, 0.05) is 60.1 Å². The molecule has 374 valence electrons. The number of pyridine rings is 4. The summed E-state index contributed by atoms with van der Waals surface area (Å²) in [7, 11) is 0. The first-order chi connectivity index (χ1) is 37.4. The highest BCUT2D eigenvalue weighted by Crippen LogP contribution is 2.47. The van der Waals surface area contributed by atoms with Crippen LogP contribution in [0.1, 0.15) is 82.0 Å². The highest BCUT2D eigenvalue weighted by Gasteiger charge is 2.24. The molecule has 1 N–H and O–H groups in total. The molecule has 0 unspecified atom stereocenters. The molecule has 0 fully saturated rings. The molecule has 0 saturated carbocycles. The number of thiophene rings is 4. The molecule has 8 aromatic heterocycles. The van der Waals surface area contributed by atoms with E-state index in [9.17, 15) is 19.6 Å². The van der Waals surface area contributed by atoms with Gasteiger partial charge in [-0.15, -0.1) is 50.3 Å². The molecule has 10 aromatic rings. The Morgan fingerprint density at radius 1 is 0.481 bits per heavy atom. The predicted octanol–water partition coefficient (Wildman–Crippen LogP) is 17.3. The van der Waals surface area contributed by atoms with Crippen LogP contribution in [0.15, 0.2) is 161 Å². The van der Waals surface area contributed by atoms with Gasteiger partial charge in [0.1, 0.15) is 5.76 Å². The number of aromatic nitrogens is 4. The highest BCUT2D eigenvalue weighted by atomic mass is 32.1. The molecule has 12 rings (SSSR count). The highest BCUT2D eigenvalue weighted by molar-refractivity contribution is 7.23. The number of fused-ring (bicyclic) bond motifs is 6. The maximum atomic E-state index is 12.7. The molecule has 2 aromatic carbocycles. The standard InChI is InChI=1S/C64H45N5O4S4/c1-35(69-73)59(36(2)70)43-11-7-41(8-12-43)47-31-55(53-25-39(17-21-65-53)5-15-51-29-49-27-45-19-23-74-61(45)63(49)76-51)67-57(33-47)58-34-48(42-9-13-44(14-10-42)60(37(3)71)38(4)72)32-56(68-58)54-26-40(18-22-66-54)6-16-52-30-50-28-46-20-24-75-62(46)64(50)77-52/h5-26,29-34,71H,27-28H2,1-4H3/b15-5+,16-6+,59-35+,60-37+. The number of nitrogens with zero attached hydrogens (tertiary/aromatic N) is 5. The lowest BCUT2D eigenvalue weighted by atomic mass is 9.95. The Bertz CT molecular complexity index is 4160. The van der Waals surface area contributed by atoms with Crippen LogP contribution in [0.5, 0.6) is 0 Å². The number of benzene rings is 2. The van der Waals surface area contributed by atoms with E-state index < -0.39 is 0 Å². The second-order valence-electron chi connectivity index (χ2n) is 19.1. The van der Waals surface area contributed by atoms with Gasteiger partial charge in [-0.05, 0) is 195 Å². The molecule has 8 heterocycles. The fraction of sp³-hybridized carbons (Fsp3) is 0.0938. The number of carbonyl (C=O) groups excluding carboxylic acids is 2. The van der Waals surface area contributed by atoms with Gasteiger partial charge in [-0.2, -0.15) is 0 Å². The van der Waals surface area contributed by atoms with E-state index in [2.05, 4.69) is 64.5 Å². The molecule has 2 aliphatic rings. The normalized spacial score (nSPS) is 13.1. The summed E-state index contributed by atoms with van der Waals surface area (Å²) in [5.74, 6) is -0.527. The molecule has 77 heavy (non-hydrogen) atoms. The molecule has 9 nitrogen and oxygen atoms in total. The van der Waals surface area contributed by atoms with Crippen molar-refractivity contribution in [1.82, 2.24) is 19.9 Å². The Kier molecular flexibility index (Phi) is 13.2. The molecule has 2 aliphatic carbocycles. The van der Waals surface area contributed by atoms with Gasteiger partial charge in [-0.3, -0.25) is 19.6 Å². The number of aliphatic hydroxyl groups excluding tert-OH is 1. The molecule has 0 atom stereocenters. The molecule has 0 saturated heterocycles. The van der Waals surface area contributed by atoms with Crippen molar-refractivity contribution in [1.29, 1.82) is 0 Å². The number of hydrogen-bond donors (Lipinski definition) is 1. The Hall–Kier alpha value is -8.46. The van der Waals surface area contributed by atoms with Gasteiger partial charge < -0.3 is 5.11 Å². The third kappa shape index (κ3) is 9.86. The van der Waals surface area contributed by atoms with Crippen LogP contribution in [0.4, 0.5) is 0 Å². The van der Waals surface area contributed by atoms with Gasteiger partial charge in [0.25, 0.3) is 0 Å². The summed E-state index contributed by atoms with van der Waals surface area (Å²) in [5, 5.41) is 17.9. The second kappa shape index (κ2) is 20.6. The zero-order valence-electron chi connectivity index (χ0n) is 42.1. The number of hydrogen-bond acceptors (Lipinski definition) is 13. The van der Waals surface area contributed by atoms with E-state index in [1.165, 1.54) is 72.3 Å². The predicted molar refractivity (Wildman–Crippen MR) is 319 cm³/mol. The van der Waals surface area contributed by atoms with Gasteiger partial charge in [-0.1, -0.05) is 60.7 Å². The van der Waals surface area contributed by atoms with Crippen LogP contribution in [0.2, 0.25) is 0 Å². The number of nitroso groups, excluding NO2 is 1. The molecule has 0 aliphatic heterocycles. The lowest BCUT2D eigenvalue weighted by Crippen LogP contribution is -2.00. The van der Waals surface area contributed by atoms with Gasteiger partial charge in [0.2, 0.25) is 0 Å². The largest absolute Gasteiger partial charge is 0.512 e. The molecule has 0 spiro atoms. The summed E-state index contributed by atoms with van der Waals surface area (Å²) >= 11 is 7.24. The lowest BCUT2D eigenvalue weighted by molar-refractivity contribution is -0.112. The van der Waals surface area contributed by atoms with Crippen molar-refractivity contribution in [3.63, 3.8) is 0 Å². The quantitative estimate of drug-likeness (QED) is 0.0646. The average molecular weight is 1080 g/mol. The first-order valence-electron chi connectivity index (χ1n) is 24.8. The first-order valence-corrected chi connectivity index (χ1v) is 28.2. The average Bonchev–Trinajstić information content (AvgIpc) is 4.32. The summed E-state index contributed by atoms with van der Waals surface area (Å²) in [6.07, 6.45) is 14.1. The topological polar surface area (TPSA) is 135 Å². The SMILES string of the molecule is CC(=O)/C(=C(/C)O)c1ccc(-c2cc(-c3cc(/C=C/c4cc5c(s4)-c4sccc4C5)ccn3)nc(-c3cc(-c4ccc(/C(C(C)=O)=C(\C)N=O)cc4)cc(-c4cc(/C=C/c5cc6c(s5)-c5sccc5C6)ccn4)n3)c2)cc1. The van der Waals surface area contributed by atoms with Crippen molar-refractivity contribution in [2.45, 2.75) is 40.5 Å². The molecular formula is C64H45N5O4S4. The van der Waals surface area contributed by atoms with Crippen LogP contribution in [0.3, 0.4) is 0 Å². The number of allylic oxidation sites excluding steroid dienone is 4. The van der Waals surface area contributed by atoms with Crippen LogP contribution in [0.25, 0.3) is 111 Å². The van der Waals surface area contributed by atoms with E-state index in [1.54, 1.807) is 42.0 Å². The molecule has 0 radical (unpaired) electrons. The molecule has 13 heteroatoms. The van der Waals surface area contributed by atoms with Crippen molar-refractivity contribution in [3.05, 3.63) is 215 Å². The van der Waals surface area contributed by atoms with E-state index in [0.717, 1.165) is 46.2 Å². The zero-order valence-corrected chi connectivity index (χ0v) is 45.4. The maximum absolute atomic E-state index is 12.7. The van der Waals surface area contributed by atoms with Crippen LogP contribution in [-0.4, -0.2) is 36.6 Å². The summed E-state index contributed by atoms with van der Waals surface area (Å²) in [6, 6.07) is 40.1. The number of aliphatic hydroxyl groups is 1. The number of carbonyl (C=O) groups is 2. The van der Waals surface area contributed by atoms with E-state index in [1.807, 2.05) is 120 Å². The van der Waals surface area contributed by atoms with Crippen LogP contribution in [-0.2, 0) is 22.4 Å². The first kappa shape index (κ1) is 49.4. The van der Waals surface area contributed by atoms with Gasteiger partial charge in [0.15, 0.2) is 11.6 Å². The van der Waals surface area contributed by atoms with Crippen molar-refractivity contribution >= 4 is 92.4 Å². The summed E-state index contributed by atoms with van der Waals surface area (Å²) in [5.41, 5.74) is 16.4. The van der Waals surface area contributed by atoms with Crippen molar-refractivity contribution in [3.8, 4) is 75.9 Å². The molecular weight excluding hydrogens is 1030 g/mol. The van der Waals surface area contributed by atoms with Crippen molar-refractivity contribution in [2.24, 2.45) is 5.18 Å². The van der Waals surface area contributed by atoms with Gasteiger partial charge >= 0.3 is 0 Å². The van der Waals surface area contributed by atoms with Crippen LogP contribution >= 0.6 is 45.3 Å². The Morgan fingerprint density at radius 2 is 0.909 bits per heavy atom. The smallest absolute Gasteiger partial charge is 0.163 e. The van der Waals surface area contributed by atoms with E-state index in [0.29, 0.717) is 45.3 Å². The monoisotopic (exact) mass is 1080 g/mol. The molecule has 0 bridgehead atoms. The fourth-order valence-corrected chi connectivity index (χ4v) is 14.6. The number of ketones is 2. The fourth-order valence-electron chi connectivity index (χ4n) is 10.2. The third-order valence-corrected chi connectivity index (χ3v) is 18.3. The zero-order chi connectivity index (χ0) is 52.9. The van der Waals surface area contributed by atoms with Gasteiger partial charge in [0.05, 0.1) is 45.4 Å². The van der Waals surface area contributed by atoms with Crippen LogP contribution in [0, 0.1) is 4.91 Å². The Balaban J connectivity index is 0.965. The van der Waals surface area contributed by atoms with E-state index in [-0.39, 0.29) is 34.2 Å². The maximum Gasteiger partial charge on any atom is 0.163 e. The van der Waals surface area contributed by atoms with Crippen molar-refractivity contribution in [2.75, 3.05) is 0 Å². The number of Topliss-reactive ketones (excluding diaryl/α,β-unsaturated/α-hetero) is 2. The van der Waals surface area contributed by atoms with E-state index >= 15 is 0 Å². The third-order valence-electron chi connectivity index (χ3n) is 13.8.